The van der Waals surface area contributed by atoms with Crippen molar-refractivity contribution in [2.24, 2.45) is 0 Å². The lowest BCUT2D eigenvalue weighted by atomic mass is 10.2. The Hall–Kier alpha value is -2.99. The minimum Gasteiger partial charge on any atom is -0.370 e. The number of nitro benzene ring substituents is 1. The molecule has 0 aliphatic heterocycles. The van der Waals surface area contributed by atoms with E-state index < -0.39 is 20.8 Å². The number of diazo groups is 1. The third kappa shape index (κ3) is 3.18. The zero-order valence-electron chi connectivity index (χ0n) is 11.3. The first-order chi connectivity index (χ1) is 10.3. The van der Waals surface area contributed by atoms with Crippen molar-refractivity contribution in [2.45, 2.75) is 11.8 Å². The fraction of sp³-hybridized carbons (Fsp3) is 0.0769. The first-order valence-corrected chi connectivity index (χ1v) is 7.39. The molecule has 0 fully saturated rings. The maximum Gasteiger partial charge on any atom is 0.428 e. The van der Waals surface area contributed by atoms with Crippen molar-refractivity contribution < 1.29 is 17.5 Å². The van der Waals surface area contributed by atoms with Crippen molar-refractivity contribution in [2.75, 3.05) is 0 Å². The van der Waals surface area contributed by atoms with E-state index in [-0.39, 0.29) is 16.3 Å². The summed E-state index contributed by atoms with van der Waals surface area (Å²) >= 11 is 0. The van der Waals surface area contributed by atoms with Crippen molar-refractivity contribution in [1.29, 1.82) is 5.39 Å². The summed E-state index contributed by atoms with van der Waals surface area (Å²) in [6.07, 6.45) is 0. The van der Waals surface area contributed by atoms with Gasteiger partial charge in [0.25, 0.3) is 5.69 Å². The van der Waals surface area contributed by atoms with Crippen molar-refractivity contribution in [3.05, 3.63) is 63.1 Å². The lowest BCUT2D eigenvalue weighted by Gasteiger charge is -2.05. The number of aryl methyl sites for hydroxylation is 1. The van der Waals surface area contributed by atoms with Crippen LogP contribution in [-0.4, -0.2) is 13.3 Å². The molecule has 0 unspecified atom stereocenters. The highest BCUT2D eigenvalue weighted by Gasteiger charge is 2.26. The molecule has 0 aliphatic rings. The third-order valence-electron chi connectivity index (χ3n) is 2.77. The number of nitro groups is 1. The summed E-state index contributed by atoms with van der Waals surface area (Å²) in [4.78, 5) is 12.8. The Kier molecular flexibility index (Phi) is 4.05. The minimum atomic E-state index is -4.20. The Balaban J connectivity index is 2.45. The van der Waals surface area contributed by atoms with Crippen molar-refractivity contribution in [3.63, 3.8) is 0 Å². The van der Waals surface area contributed by atoms with Gasteiger partial charge >= 0.3 is 15.8 Å². The minimum absolute atomic E-state index is 0.117. The molecule has 0 bridgehead atoms. The average Bonchev–Trinajstić information content (AvgIpc) is 2.47. The molecule has 8 nitrogen and oxygen atoms in total. The van der Waals surface area contributed by atoms with Gasteiger partial charge in [-0.3, -0.25) is 10.1 Å². The molecule has 9 heteroatoms. The Labute approximate surface area is 125 Å². The standard InChI is InChI=1S/C13H10N3O5S/c1-9-2-5-11(6-3-9)22(19,20)21-13-8-10(16(17)18)4-7-12(13)15-14/h2-8H,1H3/q+1. The second-order valence-corrected chi connectivity index (χ2v) is 5.91. The number of nitrogens with zero attached hydrogens (tertiary/aromatic N) is 3. The van der Waals surface area contributed by atoms with Crippen LogP contribution < -0.4 is 4.18 Å². The van der Waals surface area contributed by atoms with E-state index in [0.29, 0.717) is 0 Å². The van der Waals surface area contributed by atoms with E-state index >= 15 is 0 Å². The van der Waals surface area contributed by atoms with E-state index in [2.05, 4.69) is 4.98 Å². The van der Waals surface area contributed by atoms with Gasteiger partial charge in [0.05, 0.1) is 11.0 Å². The van der Waals surface area contributed by atoms with E-state index in [1.165, 1.54) is 12.1 Å². The molecule has 0 aliphatic carbocycles. The van der Waals surface area contributed by atoms with Crippen LogP contribution in [0.1, 0.15) is 5.56 Å². The van der Waals surface area contributed by atoms with Crippen LogP contribution in [-0.2, 0) is 10.1 Å². The lowest BCUT2D eigenvalue weighted by Crippen LogP contribution is -2.10. The van der Waals surface area contributed by atoms with Crippen LogP contribution >= 0.6 is 0 Å². The van der Waals surface area contributed by atoms with Gasteiger partial charge in [0, 0.05) is 12.1 Å². The third-order valence-corrected chi connectivity index (χ3v) is 4.02. The predicted octanol–water partition coefficient (Wildman–Crippen LogP) is 3.16. The van der Waals surface area contributed by atoms with Gasteiger partial charge in [-0.2, -0.15) is 8.42 Å². The van der Waals surface area contributed by atoms with Gasteiger partial charge < -0.3 is 4.18 Å². The van der Waals surface area contributed by atoms with E-state index in [9.17, 15) is 18.5 Å². The second kappa shape index (κ2) is 5.79. The van der Waals surface area contributed by atoms with Gasteiger partial charge in [-0.05, 0) is 19.1 Å². The largest absolute Gasteiger partial charge is 0.428 e. The molecule has 0 N–H and O–H groups in total. The topological polar surface area (TPSA) is 115 Å². The van der Waals surface area contributed by atoms with Crippen LogP contribution in [0.4, 0.5) is 11.4 Å². The van der Waals surface area contributed by atoms with E-state index in [4.69, 9.17) is 9.58 Å². The first-order valence-electron chi connectivity index (χ1n) is 5.98. The molecule has 0 amide bonds. The summed E-state index contributed by atoms with van der Waals surface area (Å²) in [5.74, 6) is -0.433. The summed E-state index contributed by atoms with van der Waals surface area (Å²) < 4.78 is 29.1. The molecule has 112 valence electrons. The molecular weight excluding hydrogens is 310 g/mol. The number of rotatable bonds is 4. The van der Waals surface area contributed by atoms with Gasteiger partial charge in [0.15, 0.2) is 4.98 Å². The molecule has 2 aromatic rings. The maximum absolute atomic E-state index is 12.1. The van der Waals surface area contributed by atoms with Gasteiger partial charge in [-0.15, -0.1) is 0 Å². The summed E-state index contributed by atoms with van der Waals surface area (Å²) in [7, 11) is -4.20. The fourth-order valence-corrected chi connectivity index (χ4v) is 2.57. The molecule has 0 saturated carbocycles. The fourth-order valence-electron chi connectivity index (χ4n) is 1.64. The molecular formula is C13H10N3O5S+. The van der Waals surface area contributed by atoms with Gasteiger partial charge in [-0.25, -0.2) is 0 Å². The first kappa shape index (κ1) is 15.4. The SMILES string of the molecule is Cc1ccc(S(=O)(=O)Oc2cc([N+](=O)[O-])ccc2[N+]#N)cc1. The monoisotopic (exact) mass is 320 g/mol. The highest BCUT2D eigenvalue weighted by atomic mass is 32.2. The average molecular weight is 320 g/mol. The summed E-state index contributed by atoms with van der Waals surface area (Å²) in [6, 6.07) is 8.89. The Morgan fingerprint density at radius 3 is 2.36 bits per heavy atom. The Morgan fingerprint density at radius 2 is 1.82 bits per heavy atom. The maximum atomic E-state index is 12.1. The Morgan fingerprint density at radius 1 is 1.18 bits per heavy atom. The van der Waals surface area contributed by atoms with E-state index in [1.54, 1.807) is 19.1 Å². The van der Waals surface area contributed by atoms with Crippen molar-refractivity contribution in [3.8, 4) is 5.75 Å². The normalized spacial score (nSPS) is 10.7. The van der Waals surface area contributed by atoms with E-state index in [1.807, 2.05) is 0 Å². The van der Waals surface area contributed by atoms with Crippen LogP contribution in [0.5, 0.6) is 5.75 Å². The number of non-ortho nitro benzene ring substituents is 1. The molecule has 0 spiro atoms. The van der Waals surface area contributed by atoms with Crippen LogP contribution in [0, 0.1) is 22.4 Å². The molecule has 2 rings (SSSR count). The van der Waals surface area contributed by atoms with Crippen molar-refractivity contribution in [1.82, 2.24) is 0 Å². The zero-order chi connectivity index (χ0) is 16.3. The zero-order valence-corrected chi connectivity index (χ0v) is 12.1. The summed E-state index contributed by atoms with van der Waals surface area (Å²) in [6.45, 7) is 1.79. The summed E-state index contributed by atoms with van der Waals surface area (Å²) in [5.41, 5.74) is 0.239. The van der Waals surface area contributed by atoms with Crippen LogP contribution in [0.3, 0.4) is 0 Å². The molecule has 2 aromatic carbocycles. The van der Waals surface area contributed by atoms with Gasteiger partial charge in [0.2, 0.25) is 11.1 Å². The quantitative estimate of drug-likeness (QED) is 0.370. The lowest BCUT2D eigenvalue weighted by molar-refractivity contribution is -0.384. The predicted molar refractivity (Wildman–Crippen MR) is 76.8 cm³/mol. The molecule has 22 heavy (non-hydrogen) atoms. The highest BCUT2D eigenvalue weighted by molar-refractivity contribution is 7.87. The summed E-state index contributed by atoms with van der Waals surface area (Å²) in [5, 5.41) is 19.6. The van der Waals surface area contributed by atoms with Crippen molar-refractivity contribution >= 4 is 21.5 Å². The van der Waals surface area contributed by atoms with Crippen LogP contribution in [0.2, 0.25) is 0 Å². The molecule has 0 heterocycles. The molecule has 0 atom stereocenters. The smallest absolute Gasteiger partial charge is 0.370 e. The molecule has 0 aromatic heterocycles. The number of benzene rings is 2. The highest BCUT2D eigenvalue weighted by Crippen LogP contribution is 2.33. The number of hydrogen-bond donors (Lipinski definition) is 0. The van der Waals surface area contributed by atoms with Crippen LogP contribution in [0.15, 0.2) is 47.4 Å². The second-order valence-electron chi connectivity index (χ2n) is 4.36. The van der Waals surface area contributed by atoms with Gasteiger partial charge in [0.1, 0.15) is 4.90 Å². The van der Waals surface area contributed by atoms with E-state index in [0.717, 1.165) is 23.8 Å². The van der Waals surface area contributed by atoms with Crippen LogP contribution in [0.25, 0.3) is 4.98 Å². The number of hydrogen-bond acceptors (Lipinski definition) is 6. The molecule has 0 radical (unpaired) electrons. The molecule has 0 saturated heterocycles. The Bertz CT molecular complexity index is 870. The van der Waals surface area contributed by atoms with Gasteiger partial charge in [-0.1, -0.05) is 17.7 Å².